The van der Waals surface area contributed by atoms with Crippen LogP contribution in [0.5, 0.6) is 0 Å². The molecule has 0 fully saturated rings. The second kappa shape index (κ2) is 178. The minimum absolute atomic E-state index is 0. The topological polar surface area (TPSA) is 0 Å². The fourth-order valence-corrected chi connectivity index (χ4v) is 8.17. The molecule has 0 aliphatic rings. The van der Waals surface area contributed by atoms with E-state index in [0.29, 0.717) is 0 Å². The van der Waals surface area contributed by atoms with Gasteiger partial charge in [-0.3, -0.25) is 4.70 Å². The Morgan fingerprint density at radius 2 is 0.244 bits per heavy atom. The molecule has 0 N–H and O–H groups in total. The van der Waals surface area contributed by atoms with Gasteiger partial charge in [-0.1, -0.05) is 494 Å². The monoisotopic (exact) mass is 1200 g/mol. The molecule has 0 radical (unpaired) electrons. The zero-order valence-corrected chi connectivity index (χ0v) is 62.2. The molecule has 536 valence electrons. The van der Waals surface area contributed by atoms with Gasteiger partial charge in [0.15, 0.2) is 0 Å². The van der Waals surface area contributed by atoms with Crippen molar-refractivity contribution in [3.8, 4) is 0 Å². The van der Waals surface area contributed by atoms with Crippen LogP contribution in [0.2, 0.25) is 0 Å². The third-order valence-corrected chi connectivity index (χ3v) is 12.8. The summed E-state index contributed by atoms with van der Waals surface area (Å²) in [4.78, 5) is 0. The average molecular weight is 1200 g/mol. The largest absolute Gasteiger partial charge is 0.269 e. The lowest BCUT2D eigenvalue weighted by Crippen LogP contribution is -1.99. The van der Waals surface area contributed by atoms with Crippen LogP contribution in [0.15, 0.2) is 0 Å². The van der Waals surface area contributed by atoms with Crippen LogP contribution in [-0.2, 0) is 0 Å². The summed E-state index contributed by atoms with van der Waals surface area (Å²) in [6.45, 7) is 76.8. The molecule has 0 nitrogen and oxygen atoms in total. The summed E-state index contributed by atoms with van der Waals surface area (Å²) in [6.07, 6.45) is 43.3. The van der Waals surface area contributed by atoms with Crippen LogP contribution in [-0.4, -0.2) is 0 Å². The Labute approximate surface area is 543 Å². The molecule has 0 heterocycles. The van der Waals surface area contributed by atoms with E-state index in [1.54, 1.807) is 0 Å². The van der Waals surface area contributed by atoms with Gasteiger partial charge >= 0.3 is 0 Å². The molecular formula is C81H205F. The van der Waals surface area contributed by atoms with Gasteiger partial charge in [0.2, 0.25) is 0 Å². The van der Waals surface area contributed by atoms with Gasteiger partial charge in [0.05, 0.1) is 0 Å². The van der Waals surface area contributed by atoms with E-state index in [-0.39, 0.29) is 56.7 Å². The van der Waals surface area contributed by atoms with E-state index in [9.17, 15) is 0 Å². The Kier molecular flexibility index (Phi) is 324. The average Bonchev–Trinajstić information content (AvgIpc) is 3.48. The molecule has 0 saturated heterocycles. The van der Waals surface area contributed by atoms with Crippen LogP contribution in [0.3, 0.4) is 0 Å². The van der Waals surface area contributed by atoms with E-state index in [1.165, 1.54) is 193 Å². The Bertz CT molecular complexity index is 575. The maximum absolute atomic E-state index is 2.48. The molecule has 0 aliphatic heterocycles. The molecule has 0 aliphatic carbocycles. The van der Waals surface area contributed by atoms with Gasteiger partial charge in [-0.15, -0.1) is 0 Å². The van der Waals surface area contributed by atoms with E-state index in [2.05, 4.69) is 83.1 Å². The van der Waals surface area contributed by atoms with E-state index in [0.717, 1.165) is 47.3 Å². The highest BCUT2D eigenvalue weighted by Gasteiger charge is 2.09. The third kappa shape index (κ3) is 185. The first-order valence-electron chi connectivity index (χ1n) is 36.0. The van der Waals surface area contributed by atoms with Gasteiger partial charge in [0.25, 0.3) is 0 Å². The SMILES string of the molecule is C.C.C.C.C.C.C.CC.CC.CC.CC.CC.CC.CC.CC.CC.CC.CC.CC.CCCC(C)CCCCC(C)CCCCC(C)CCCCC(C)CC.CCCC(C)CCCCC(C)CCCCC(C)CCCCC(C)CC.F. The Morgan fingerprint density at radius 1 is 0.159 bits per heavy atom. The molecule has 0 rings (SSSR count). The minimum Gasteiger partial charge on any atom is -0.269 e. The second-order valence-electron chi connectivity index (χ2n) is 18.9. The highest BCUT2D eigenvalue weighted by atomic mass is 19.0. The van der Waals surface area contributed by atoms with Gasteiger partial charge in [-0.2, -0.15) is 0 Å². The molecular weight excluding hydrogens is 992 g/mol. The molecule has 8 atom stereocenters. The standard InChI is InChI=1S/2C25H52.12C2H6.7CH4.FH/c2*1-7-15-23(4)17-11-12-19-25(6)21-14-13-20-24(5)18-10-9-16-22(3)8-2;12*1-2;;;;;;;;/h2*22-25H,7-21H2,1-6H3;12*1-2H3;7*1H4;1H. The van der Waals surface area contributed by atoms with E-state index < -0.39 is 0 Å². The first kappa shape index (κ1) is 149. The number of hydrogen-bond acceptors (Lipinski definition) is 0. The van der Waals surface area contributed by atoms with Crippen molar-refractivity contribution in [2.24, 2.45) is 47.3 Å². The smallest absolute Gasteiger partial charge is 0.0443 e. The van der Waals surface area contributed by atoms with E-state index in [1.807, 2.05) is 166 Å². The number of unbranched alkanes of at least 4 members (excludes halogenated alkanes) is 6. The Balaban J connectivity index is -0.0000000298. The van der Waals surface area contributed by atoms with Crippen molar-refractivity contribution in [3.63, 3.8) is 0 Å². The summed E-state index contributed by atoms with van der Waals surface area (Å²) in [7, 11) is 0. The molecule has 82 heavy (non-hydrogen) atoms. The van der Waals surface area contributed by atoms with Crippen molar-refractivity contribution in [1.82, 2.24) is 0 Å². The van der Waals surface area contributed by atoms with Gasteiger partial charge in [-0.25, -0.2) is 0 Å². The van der Waals surface area contributed by atoms with Crippen LogP contribution < -0.4 is 0 Å². The van der Waals surface area contributed by atoms with Crippen molar-refractivity contribution < 1.29 is 4.70 Å². The minimum atomic E-state index is 0. The normalized spacial score (nSPS) is 11.0. The summed E-state index contributed by atoms with van der Waals surface area (Å²) in [5.74, 6) is 7.58. The van der Waals surface area contributed by atoms with Crippen molar-refractivity contribution in [3.05, 3.63) is 0 Å². The second-order valence-corrected chi connectivity index (χ2v) is 18.9. The van der Waals surface area contributed by atoms with Crippen LogP contribution in [0.25, 0.3) is 0 Å². The first-order valence-corrected chi connectivity index (χ1v) is 36.0. The lowest BCUT2D eigenvalue weighted by Gasteiger charge is -2.15. The maximum atomic E-state index is 2.48. The van der Waals surface area contributed by atoms with Crippen LogP contribution in [0.4, 0.5) is 4.70 Å². The fourth-order valence-electron chi connectivity index (χ4n) is 8.17. The molecule has 0 saturated carbocycles. The number of rotatable bonds is 36. The highest BCUT2D eigenvalue weighted by molar-refractivity contribution is 4.62. The lowest BCUT2D eigenvalue weighted by molar-refractivity contribution is 0.387. The van der Waals surface area contributed by atoms with Crippen molar-refractivity contribution in [2.75, 3.05) is 0 Å². The predicted molar refractivity (Wildman–Crippen MR) is 420 cm³/mol. The van der Waals surface area contributed by atoms with Crippen LogP contribution in [0, 0.1) is 47.3 Å². The van der Waals surface area contributed by atoms with Crippen LogP contribution >= 0.6 is 0 Å². The summed E-state index contributed by atoms with van der Waals surface area (Å²) >= 11 is 0. The first-order chi connectivity index (χ1) is 36.0. The third-order valence-electron chi connectivity index (χ3n) is 12.8. The van der Waals surface area contributed by atoms with Gasteiger partial charge in [-0.05, 0) is 47.3 Å². The van der Waals surface area contributed by atoms with Gasteiger partial charge < -0.3 is 0 Å². The molecule has 0 amide bonds. The quantitative estimate of drug-likeness (QED) is 0.0549. The van der Waals surface area contributed by atoms with E-state index in [4.69, 9.17) is 0 Å². The van der Waals surface area contributed by atoms with Crippen molar-refractivity contribution >= 4 is 0 Å². The summed E-state index contributed by atoms with van der Waals surface area (Å²) in [5.41, 5.74) is 0. The molecule has 1 heteroatoms. The fraction of sp³-hybridized carbons (Fsp3) is 1.00. The summed E-state index contributed by atoms with van der Waals surface area (Å²) in [6, 6.07) is 0. The number of hydrogen-bond donors (Lipinski definition) is 0. The van der Waals surface area contributed by atoms with Gasteiger partial charge in [0.1, 0.15) is 0 Å². The zero-order valence-electron chi connectivity index (χ0n) is 62.2. The maximum Gasteiger partial charge on any atom is -0.0443 e. The highest BCUT2D eigenvalue weighted by Crippen LogP contribution is 2.24. The van der Waals surface area contributed by atoms with Gasteiger partial charge in [0, 0.05) is 0 Å². The van der Waals surface area contributed by atoms with Crippen molar-refractivity contribution in [1.29, 1.82) is 0 Å². The lowest BCUT2D eigenvalue weighted by atomic mass is 9.91. The molecule has 8 unspecified atom stereocenters. The Morgan fingerprint density at radius 3 is 0.329 bits per heavy atom. The number of halogens is 1. The molecule has 0 aromatic rings. The van der Waals surface area contributed by atoms with E-state index >= 15 is 0 Å². The summed E-state index contributed by atoms with van der Waals surface area (Å²) < 4.78 is 0. The molecule has 0 aromatic carbocycles. The van der Waals surface area contributed by atoms with Crippen LogP contribution in [0.1, 0.15) is 494 Å². The molecule has 0 bridgehead atoms. The zero-order chi connectivity index (χ0) is 61.8. The Hall–Kier alpha value is -0.0700. The van der Waals surface area contributed by atoms with Crippen molar-refractivity contribution in [2.45, 2.75) is 494 Å². The molecule has 0 aromatic heterocycles. The molecule has 0 spiro atoms. The summed E-state index contributed by atoms with van der Waals surface area (Å²) in [5, 5.41) is 0. The predicted octanol–water partition coefficient (Wildman–Crippen LogP) is 35.8.